The van der Waals surface area contributed by atoms with Gasteiger partial charge in [-0.1, -0.05) is 18.2 Å². The van der Waals surface area contributed by atoms with Gasteiger partial charge in [-0.25, -0.2) is 0 Å². The molecule has 0 bridgehead atoms. The molecular formula is C15H23FN2. The number of aryl methyl sites for hydroxylation is 1. The van der Waals surface area contributed by atoms with Gasteiger partial charge in [-0.3, -0.25) is 9.29 Å². The summed E-state index contributed by atoms with van der Waals surface area (Å²) in [6.07, 6.45) is 0.601. The van der Waals surface area contributed by atoms with Gasteiger partial charge in [0, 0.05) is 32.2 Å². The zero-order chi connectivity index (χ0) is 13.0. The van der Waals surface area contributed by atoms with E-state index in [9.17, 15) is 4.39 Å². The molecule has 0 aliphatic carbocycles. The SMILES string of the molecule is Cc1cccc([C@@H](CCF)N2CCNCC2)c1C. The van der Waals surface area contributed by atoms with Crippen LogP contribution in [0, 0.1) is 13.8 Å². The van der Waals surface area contributed by atoms with Crippen LogP contribution in [0.2, 0.25) is 0 Å². The maximum absolute atomic E-state index is 12.9. The molecule has 1 aliphatic heterocycles. The van der Waals surface area contributed by atoms with Crippen LogP contribution in [0.15, 0.2) is 18.2 Å². The van der Waals surface area contributed by atoms with Crippen molar-refractivity contribution in [2.24, 2.45) is 0 Å². The predicted molar refractivity (Wildman–Crippen MR) is 73.7 cm³/mol. The van der Waals surface area contributed by atoms with Crippen LogP contribution in [0.5, 0.6) is 0 Å². The Hall–Kier alpha value is -0.930. The number of benzene rings is 1. The number of nitrogens with zero attached hydrogens (tertiary/aromatic N) is 1. The number of piperazine rings is 1. The Morgan fingerprint density at radius 2 is 2.00 bits per heavy atom. The molecule has 0 aromatic heterocycles. The summed E-state index contributed by atoms with van der Waals surface area (Å²) in [6.45, 7) is 8.07. The number of alkyl halides is 1. The van der Waals surface area contributed by atoms with Gasteiger partial charge in [0.05, 0.1) is 6.67 Å². The zero-order valence-electron chi connectivity index (χ0n) is 11.4. The second kappa shape index (κ2) is 6.30. The first-order chi connectivity index (χ1) is 8.74. The second-order valence-electron chi connectivity index (χ2n) is 5.07. The van der Waals surface area contributed by atoms with E-state index in [-0.39, 0.29) is 12.7 Å². The van der Waals surface area contributed by atoms with E-state index in [0.717, 1.165) is 26.2 Å². The summed E-state index contributed by atoms with van der Waals surface area (Å²) in [6, 6.07) is 6.61. The van der Waals surface area contributed by atoms with Crippen molar-refractivity contribution in [3.05, 3.63) is 34.9 Å². The molecule has 1 aromatic rings. The summed E-state index contributed by atoms with van der Waals surface area (Å²) in [4.78, 5) is 2.41. The molecular weight excluding hydrogens is 227 g/mol. The number of nitrogens with one attached hydrogen (secondary N) is 1. The maximum atomic E-state index is 12.9. The van der Waals surface area contributed by atoms with Crippen molar-refractivity contribution in [2.45, 2.75) is 26.3 Å². The molecule has 3 heteroatoms. The van der Waals surface area contributed by atoms with Crippen molar-refractivity contribution in [3.8, 4) is 0 Å². The van der Waals surface area contributed by atoms with Crippen LogP contribution in [0.3, 0.4) is 0 Å². The summed E-state index contributed by atoms with van der Waals surface area (Å²) in [5.41, 5.74) is 3.91. The van der Waals surface area contributed by atoms with Gasteiger partial charge in [-0.05, 0) is 37.0 Å². The first-order valence-corrected chi connectivity index (χ1v) is 6.81. The van der Waals surface area contributed by atoms with E-state index >= 15 is 0 Å². The molecule has 1 aliphatic rings. The van der Waals surface area contributed by atoms with Crippen LogP contribution >= 0.6 is 0 Å². The summed E-state index contributed by atoms with van der Waals surface area (Å²) in [7, 11) is 0. The van der Waals surface area contributed by atoms with Crippen molar-refractivity contribution in [1.82, 2.24) is 10.2 Å². The Balaban J connectivity index is 2.25. The third-order valence-electron chi connectivity index (χ3n) is 3.98. The Labute approximate surface area is 109 Å². The van der Waals surface area contributed by atoms with Crippen molar-refractivity contribution >= 4 is 0 Å². The van der Waals surface area contributed by atoms with E-state index < -0.39 is 0 Å². The van der Waals surface area contributed by atoms with Gasteiger partial charge in [-0.2, -0.15) is 0 Å². The highest BCUT2D eigenvalue weighted by molar-refractivity contribution is 5.35. The molecule has 1 saturated heterocycles. The van der Waals surface area contributed by atoms with Crippen LogP contribution in [0.25, 0.3) is 0 Å². The molecule has 2 rings (SSSR count). The smallest absolute Gasteiger partial charge is 0.0912 e. The van der Waals surface area contributed by atoms with E-state index in [1.807, 2.05) is 0 Å². The van der Waals surface area contributed by atoms with E-state index in [1.165, 1.54) is 16.7 Å². The molecule has 0 amide bonds. The molecule has 100 valence electrons. The molecule has 18 heavy (non-hydrogen) atoms. The second-order valence-corrected chi connectivity index (χ2v) is 5.07. The molecule has 2 nitrogen and oxygen atoms in total. The Bertz CT molecular complexity index is 386. The fourth-order valence-corrected chi connectivity index (χ4v) is 2.77. The van der Waals surface area contributed by atoms with Crippen molar-refractivity contribution in [2.75, 3.05) is 32.9 Å². The first-order valence-electron chi connectivity index (χ1n) is 6.81. The average molecular weight is 250 g/mol. The standard InChI is InChI=1S/C15H23FN2/c1-12-4-3-5-14(13(12)2)15(6-7-16)18-10-8-17-9-11-18/h3-5,15,17H,6-11H2,1-2H3/t15-/m1/s1. The fourth-order valence-electron chi connectivity index (χ4n) is 2.77. The van der Waals surface area contributed by atoms with Crippen LogP contribution in [0.1, 0.15) is 29.2 Å². The maximum Gasteiger partial charge on any atom is 0.0912 e. The molecule has 0 spiro atoms. The lowest BCUT2D eigenvalue weighted by molar-refractivity contribution is 0.157. The van der Waals surface area contributed by atoms with Crippen molar-refractivity contribution in [3.63, 3.8) is 0 Å². The average Bonchev–Trinajstić information content (AvgIpc) is 2.41. The normalized spacial score (nSPS) is 18.8. The van der Waals surface area contributed by atoms with Crippen LogP contribution in [0.4, 0.5) is 4.39 Å². The lowest BCUT2D eigenvalue weighted by Gasteiger charge is -2.35. The van der Waals surface area contributed by atoms with Gasteiger partial charge in [0.25, 0.3) is 0 Å². The van der Waals surface area contributed by atoms with E-state index in [2.05, 4.69) is 42.3 Å². The molecule has 1 heterocycles. The minimum absolute atomic E-state index is 0.233. The lowest BCUT2D eigenvalue weighted by Crippen LogP contribution is -2.45. The van der Waals surface area contributed by atoms with Crippen LogP contribution in [-0.2, 0) is 0 Å². The topological polar surface area (TPSA) is 15.3 Å². The highest BCUT2D eigenvalue weighted by atomic mass is 19.1. The number of halogens is 1. The predicted octanol–water partition coefficient (Wildman–Crippen LogP) is 2.61. The molecule has 0 unspecified atom stereocenters. The van der Waals surface area contributed by atoms with Gasteiger partial charge in [0.1, 0.15) is 0 Å². The van der Waals surface area contributed by atoms with E-state index in [0.29, 0.717) is 6.42 Å². The largest absolute Gasteiger partial charge is 0.314 e. The highest BCUT2D eigenvalue weighted by Gasteiger charge is 2.23. The lowest BCUT2D eigenvalue weighted by atomic mass is 9.94. The van der Waals surface area contributed by atoms with Crippen molar-refractivity contribution in [1.29, 1.82) is 0 Å². The summed E-state index contributed by atoms with van der Waals surface area (Å²) < 4.78 is 12.9. The van der Waals surface area contributed by atoms with Gasteiger partial charge in [0.15, 0.2) is 0 Å². The van der Waals surface area contributed by atoms with Gasteiger partial charge < -0.3 is 5.32 Å². The van der Waals surface area contributed by atoms with E-state index in [1.54, 1.807) is 0 Å². The number of rotatable bonds is 4. The number of hydrogen-bond acceptors (Lipinski definition) is 2. The van der Waals surface area contributed by atoms with Crippen LogP contribution < -0.4 is 5.32 Å². The Kier molecular flexibility index (Phi) is 4.72. The Morgan fingerprint density at radius 1 is 1.28 bits per heavy atom. The Morgan fingerprint density at radius 3 is 2.67 bits per heavy atom. The van der Waals surface area contributed by atoms with E-state index in [4.69, 9.17) is 0 Å². The summed E-state index contributed by atoms with van der Waals surface area (Å²) >= 11 is 0. The third kappa shape index (κ3) is 2.90. The molecule has 1 N–H and O–H groups in total. The minimum Gasteiger partial charge on any atom is -0.314 e. The van der Waals surface area contributed by atoms with Crippen LogP contribution in [-0.4, -0.2) is 37.8 Å². The fraction of sp³-hybridized carbons (Fsp3) is 0.600. The molecule has 1 atom stereocenters. The van der Waals surface area contributed by atoms with Gasteiger partial charge in [0.2, 0.25) is 0 Å². The third-order valence-corrected chi connectivity index (χ3v) is 3.98. The first kappa shape index (κ1) is 13.5. The number of hydrogen-bond donors (Lipinski definition) is 1. The quantitative estimate of drug-likeness (QED) is 0.883. The summed E-state index contributed by atoms with van der Waals surface area (Å²) in [5.74, 6) is 0. The summed E-state index contributed by atoms with van der Waals surface area (Å²) in [5, 5.41) is 3.35. The molecule has 1 fully saturated rings. The minimum atomic E-state index is -0.248. The molecule has 0 saturated carbocycles. The molecule has 1 aromatic carbocycles. The highest BCUT2D eigenvalue weighted by Crippen LogP contribution is 2.28. The van der Waals surface area contributed by atoms with Gasteiger partial charge >= 0.3 is 0 Å². The zero-order valence-corrected chi connectivity index (χ0v) is 11.4. The van der Waals surface area contributed by atoms with Crippen molar-refractivity contribution < 1.29 is 4.39 Å². The van der Waals surface area contributed by atoms with Gasteiger partial charge in [-0.15, -0.1) is 0 Å². The molecule has 0 radical (unpaired) electrons. The monoisotopic (exact) mass is 250 g/mol.